The first-order valence-electron chi connectivity index (χ1n) is 8.95. The fourth-order valence-electron chi connectivity index (χ4n) is 3.80. The zero-order chi connectivity index (χ0) is 16.1. The molecular weight excluding hydrogens is 288 g/mol. The van der Waals surface area contributed by atoms with Crippen LogP contribution in [0.25, 0.3) is 0 Å². The molecule has 1 amide bonds. The maximum absolute atomic E-state index is 12.9. The van der Waals surface area contributed by atoms with Gasteiger partial charge in [0, 0.05) is 31.7 Å². The highest BCUT2D eigenvalue weighted by Gasteiger charge is 2.30. The Bertz CT molecular complexity index is 493. The summed E-state index contributed by atoms with van der Waals surface area (Å²) in [6, 6.07) is 10.1. The predicted octanol–water partition coefficient (Wildman–Crippen LogP) is 3.03. The Balaban J connectivity index is 1.64. The van der Waals surface area contributed by atoms with E-state index in [2.05, 4.69) is 4.90 Å². The van der Waals surface area contributed by atoms with Crippen LogP contribution in [0.4, 0.5) is 0 Å². The average molecular weight is 316 g/mol. The van der Waals surface area contributed by atoms with Crippen LogP contribution < -0.4 is 5.73 Å². The number of hydrogen-bond acceptors (Lipinski definition) is 3. The Kier molecular flexibility index (Phi) is 5.68. The Morgan fingerprint density at radius 2 is 1.91 bits per heavy atom. The topological polar surface area (TPSA) is 55.6 Å². The number of carbonyl (C=O) groups is 1. The van der Waals surface area contributed by atoms with Gasteiger partial charge >= 0.3 is 0 Å². The van der Waals surface area contributed by atoms with Crippen LogP contribution in [0, 0.1) is 0 Å². The zero-order valence-corrected chi connectivity index (χ0v) is 13.8. The average Bonchev–Trinajstić information content (AvgIpc) is 3.27. The molecule has 1 saturated heterocycles. The normalized spacial score (nSPS) is 23.1. The molecule has 0 aromatic heterocycles. The molecule has 2 atom stereocenters. The molecule has 1 aromatic rings. The van der Waals surface area contributed by atoms with Crippen LogP contribution in [0.5, 0.6) is 0 Å². The second kappa shape index (κ2) is 7.93. The van der Waals surface area contributed by atoms with Crippen LogP contribution in [-0.4, -0.2) is 36.1 Å². The van der Waals surface area contributed by atoms with Gasteiger partial charge < -0.3 is 15.4 Å². The molecule has 4 nitrogen and oxygen atoms in total. The van der Waals surface area contributed by atoms with Crippen molar-refractivity contribution in [1.29, 1.82) is 0 Å². The lowest BCUT2D eigenvalue weighted by atomic mass is 10.0. The summed E-state index contributed by atoms with van der Waals surface area (Å²) in [6.45, 7) is 1.58. The summed E-state index contributed by atoms with van der Waals surface area (Å²) in [6.07, 6.45) is 7.48. The first kappa shape index (κ1) is 16.5. The molecule has 126 valence electrons. The van der Waals surface area contributed by atoms with E-state index < -0.39 is 0 Å². The lowest BCUT2D eigenvalue weighted by Crippen LogP contribution is -2.44. The smallest absolute Gasteiger partial charge is 0.224 e. The maximum atomic E-state index is 12.9. The van der Waals surface area contributed by atoms with Gasteiger partial charge in [-0.25, -0.2) is 0 Å². The zero-order valence-electron chi connectivity index (χ0n) is 13.8. The molecule has 23 heavy (non-hydrogen) atoms. The molecule has 1 heterocycles. The summed E-state index contributed by atoms with van der Waals surface area (Å²) in [5.74, 6) is 0.184. The van der Waals surface area contributed by atoms with Gasteiger partial charge in [-0.2, -0.15) is 0 Å². The molecule has 3 rings (SSSR count). The molecule has 2 aliphatic rings. The van der Waals surface area contributed by atoms with Crippen molar-refractivity contribution < 1.29 is 9.53 Å². The van der Waals surface area contributed by atoms with Crippen LogP contribution in [0.15, 0.2) is 30.3 Å². The third kappa shape index (κ3) is 4.33. The minimum Gasteiger partial charge on any atom is -0.376 e. The number of carbonyl (C=O) groups excluding carboxylic acids is 1. The van der Waals surface area contributed by atoms with Crippen LogP contribution in [0.2, 0.25) is 0 Å². The second-order valence-corrected chi connectivity index (χ2v) is 6.84. The van der Waals surface area contributed by atoms with Crippen LogP contribution in [0.3, 0.4) is 0 Å². The standard InChI is InChI=1S/C19H28N2O2/c20-18(15-7-2-1-3-8-15)13-19(22)21(16-9-4-5-10-16)14-17-11-6-12-23-17/h1-3,7-8,16-18H,4-6,9-14,20H2. The summed E-state index contributed by atoms with van der Waals surface area (Å²) >= 11 is 0. The van der Waals surface area contributed by atoms with Crippen molar-refractivity contribution in [2.75, 3.05) is 13.2 Å². The maximum Gasteiger partial charge on any atom is 0.224 e. The molecule has 0 bridgehead atoms. The highest BCUT2D eigenvalue weighted by atomic mass is 16.5. The first-order chi connectivity index (χ1) is 11.2. The van der Waals surface area contributed by atoms with Crippen LogP contribution in [0.1, 0.15) is 56.6 Å². The number of ether oxygens (including phenoxy) is 1. The number of hydrogen-bond donors (Lipinski definition) is 1. The van der Waals surface area contributed by atoms with E-state index in [1.165, 1.54) is 12.8 Å². The Morgan fingerprint density at radius 1 is 1.17 bits per heavy atom. The largest absolute Gasteiger partial charge is 0.376 e. The second-order valence-electron chi connectivity index (χ2n) is 6.84. The van der Waals surface area contributed by atoms with Crippen molar-refractivity contribution in [3.05, 3.63) is 35.9 Å². The van der Waals surface area contributed by atoms with Crippen molar-refractivity contribution in [2.45, 2.75) is 63.1 Å². The van der Waals surface area contributed by atoms with E-state index in [-0.39, 0.29) is 18.1 Å². The third-order valence-electron chi connectivity index (χ3n) is 5.13. The number of rotatable bonds is 6. The quantitative estimate of drug-likeness (QED) is 0.877. The molecule has 1 aliphatic carbocycles. The summed E-state index contributed by atoms with van der Waals surface area (Å²) in [7, 11) is 0. The van der Waals surface area contributed by atoms with Crippen molar-refractivity contribution in [3.8, 4) is 0 Å². The fourth-order valence-corrected chi connectivity index (χ4v) is 3.80. The van der Waals surface area contributed by atoms with Crippen LogP contribution in [-0.2, 0) is 9.53 Å². The van der Waals surface area contributed by atoms with E-state index in [1.807, 2.05) is 30.3 Å². The van der Waals surface area contributed by atoms with E-state index in [0.29, 0.717) is 12.5 Å². The van der Waals surface area contributed by atoms with Gasteiger partial charge in [0.25, 0.3) is 0 Å². The minimum absolute atomic E-state index is 0.184. The van der Waals surface area contributed by atoms with Crippen molar-refractivity contribution in [3.63, 3.8) is 0 Å². The van der Waals surface area contributed by atoms with Gasteiger partial charge in [-0.15, -0.1) is 0 Å². The third-order valence-corrected chi connectivity index (χ3v) is 5.13. The lowest BCUT2D eigenvalue weighted by Gasteiger charge is -2.32. The number of nitrogens with two attached hydrogens (primary N) is 1. The monoisotopic (exact) mass is 316 g/mol. The van der Waals surface area contributed by atoms with E-state index in [9.17, 15) is 4.79 Å². The van der Waals surface area contributed by atoms with Gasteiger partial charge in [-0.05, 0) is 31.2 Å². The van der Waals surface area contributed by atoms with Crippen LogP contribution >= 0.6 is 0 Å². The minimum atomic E-state index is -0.225. The summed E-state index contributed by atoms with van der Waals surface area (Å²) in [5.41, 5.74) is 7.29. The summed E-state index contributed by atoms with van der Waals surface area (Å²) < 4.78 is 5.76. The van der Waals surface area contributed by atoms with E-state index in [1.54, 1.807) is 0 Å². The number of amides is 1. The highest BCUT2D eigenvalue weighted by Crippen LogP contribution is 2.27. The van der Waals surface area contributed by atoms with Gasteiger partial charge in [0.2, 0.25) is 5.91 Å². The van der Waals surface area contributed by atoms with Crippen molar-refractivity contribution in [1.82, 2.24) is 4.90 Å². The Morgan fingerprint density at radius 3 is 2.57 bits per heavy atom. The molecule has 2 fully saturated rings. The molecule has 1 aliphatic heterocycles. The van der Waals surface area contributed by atoms with Gasteiger partial charge in [-0.3, -0.25) is 4.79 Å². The lowest BCUT2D eigenvalue weighted by molar-refractivity contribution is -0.135. The molecule has 1 saturated carbocycles. The molecule has 1 aromatic carbocycles. The SMILES string of the molecule is NC(CC(=O)N(CC1CCCO1)C1CCCC1)c1ccccc1. The van der Waals surface area contributed by atoms with Gasteiger partial charge in [-0.1, -0.05) is 43.2 Å². The Labute approximate surface area is 139 Å². The first-order valence-corrected chi connectivity index (χ1v) is 8.95. The number of nitrogens with zero attached hydrogens (tertiary/aromatic N) is 1. The molecule has 4 heteroatoms. The van der Waals surface area contributed by atoms with Crippen molar-refractivity contribution >= 4 is 5.91 Å². The Hall–Kier alpha value is -1.39. The van der Waals surface area contributed by atoms with E-state index >= 15 is 0 Å². The van der Waals surface area contributed by atoms with E-state index in [0.717, 1.165) is 44.4 Å². The molecule has 2 N–H and O–H groups in total. The van der Waals surface area contributed by atoms with Crippen molar-refractivity contribution in [2.24, 2.45) is 5.73 Å². The fraction of sp³-hybridized carbons (Fsp3) is 0.632. The molecule has 2 unspecified atom stereocenters. The van der Waals surface area contributed by atoms with Gasteiger partial charge in [0.15, 0.2) is 0 Å². The summed E-state index contributed by atoms with van der Waals surface area (Å²) in [4.78, 5) is 15.0. The predicted molar refractivity (Wildman–Crippen MR) is 90.9 cm³/mol. The van der Waals surface area contributed by atoms with E-state index in [4.69, 9.17) is 10.5 Å². The number of benzene rings is 1. The van der Waals surface area contributed by atoms with Gasteiger partial charge in [0.05, 0.1) is 6.10 Å². The highest BCUT2D eigenvalue weighted by molar-refractivity contribution is 5.77. The van der Waals surface area contributed by atoms with Gasteiger partial charge in [0.1, 0.15) is 0 Å². The summed E-state index contributed by atoms with van der Waals surface area (Å²) in [5, 5.41) is 0. The molecule has 0 radical (unpaired) electrons. The molecule has 0 spiro atoms. The molecular formula is C19H28N2O2.